The van der Waals surface area contributed by atoms with Crippen molar-refractivity contribution >= 4 is 27.1 Å². The summed E-state index contributed by atoms with van der Waals surface area (Å²) in [5.41, 5.74) is 4.90. The summed E-state index contributed by atoms with van der Waals surface area (Å²) in [5.74, 6) is 0.298. The number of nitrogens with one attached hydrogen (secondary N) is 2. The Morgan fingerprint density at radius 3 is 2.61 bits per heavy atom. The topological polar surface area (TPSA) is 111 Å². The maximum absolute atomic E-state index is 13.2. The molecule has 0 spiro atoms. The van der Waals surface area contributed by atoms with Crippen LogP contribution in [0.5, 0.6) is 5.75 Å². The summed E-state index contributed by atoms with van der Waals surface area (Å²) in [4.78, 5) is 11.3. The first kappa shape index (κ1) is 23.9. The van der Waals surface area contributed by atoms with Gasteiger partial charge in [0.05, 0.1) is 28.7 Å². The van der Waals surface area contributed by atoms with Crippen LogP contribution in [-0.4, -0.2) is 20.5 Å². The van der Waals surface area contributed by atoms with Gasteiger partial charge in [0.25, 0.3) is 10.0 Å². The third kappa shape index (κ3) is 4.19. The Bertz CT molecular complexity index is 1500. The van der Waals surface area contributed by atoms with Gasteiger partial charge in [-0.3, -0.25) is 14.8 Å². The number of sulfonamides is 1. The summed E-state index contributed by atoms with van der Waals surface area (Å²) in [6, 6.07) is 15.5. The van der Waals surface area contributed by atoms with Crippen molar-refractivity contribution in [3.8, 4) is 5.75 Å². The largest absolute Gasteiger partial charge is 0.490 e. The number of hydrogen-bond donors (Lipinski definition) is 2. The molecule has 186 valence electrons. The molecule has 0 bridgehead atoms. The number of nitro benzene ring substituents is 1. The molecule has 0 radical (unpaired) electrons. The minimum Gasteiger partial charge on any atom is -0.490 e. The maximum Gasteiger partial charge on any atom is 0.311 e. The van der Waals surface area contributed by atoms with Crippen molar-refractivity contribution in [3.63, 3.8) is 0 Å². The smallest absolute Gasteiger partial charge is 0.311 e. The van der Waals surface area contributed by atoms with Crippen LogP contribution in [0.1, 0.15) is 40.6 Å². The summed E-state index contributed by atoms with van der Waals surface area (Å²) in [6.07, 6.45) is 4.97. The highest BCUT2D eigenvalue weighted by molar-refractivity contribution is 7.92. The van der Waals surface area contributed by atoms with Crippen molar-refractivity contribution < 1.29 is 18.1 Å². The SMILES string of the molecule is COc1ccc([C@H]2Nc3ccc(S(=O)(=O)Nc4ccc(C)cc4C)cc3[C@H]3C=CC[C@H]32)cc1[N+](=O)[O-]. The standard InChI is InChI=1S/C27H27N3O5S/c1-16-7-10-23(17(2)13-16)29-36(33,34)19-9-11-24-22(15-19)20-5-4-6-21(20)27(28-24)18-8-12-26(35-3)25(14-18)30(31)32/h4-5,7-15,20-21,27-29H,6H2,1-3H3/t20-,21+,27+/m0/s1. The summed E-state index contributed by atoms with van der Waals surface area (Å²) < 4.78 is 34.4. The van der Waals surface area contributed by atoms with Crippen LogP contribution < -0.4 is 14.8 Å². The third-order valence-electron chi connectivity index (χ3n) is 7.03. The van der Waals surface area contributed by atoms with Crippen LogP contribution >= 0.6 is 0 Å². The van der Waals surface area contributed by atoms with E-state index in [4.69, 9.17) is 4.74 Å². The molecule has 0 saturated carbocycles. The number of nitro groups is 1. The van der Waals surface area contributed by atoms with Gasteiger partial charge in [0.15, 0.2) is 5.75 Å². The summed E-state index contributed by atoms with van der Waals surface area (Å²) in [5, 5.41) is 15.1. The highest BCUT2D eigenvalue weighted by atomic mass is 32.2. The molecule has 8 nitrogen and oxygen atoms in total. The van der Waals surface area contributed by atoms with E-state index in [9.17, 15) is 18.5 Å². The van der Waals surface area contributed by atoms with Gasteiger partial charge in [0, 0.05) is 17.7 Å². The number of methoxy groups -OCH3 is 1. The molecule has 1 heterocycles. The van der Waals surface area contributed by atoms with Crippen molar-refractivity contribution in [3.05, 3.63) is 99.1 Å². The molecule has 0 fully saturated rings. The number of nitrogens with zero attached hydrogens (tertiary/aromatic N) is 1. The number of allylic oxidation sites excluding steroid dienone is 2. The minimum absolute atomic E-state index is 0.0105. The molecule has 0 amide bonds. The second kappa shape index (κ2) is 8.98. The van der Waals surface area contributed by atoms with Gasteiger partial charge in [-0.1, -0.05) is 35.9 Å². The van der Waals surface area contributed by atoms with E-state index in [-0.39, 0.29) is 34.2 Å². The zero-order valence-electron chi connectivity index (χ0n) is 20.2. The van der Waals surface area contributed by atoms with Crippen LogP contribution in [0.2, 0.25) is 0 Å². The fourth-order valence-corrected chi connectivity index (χ4v) is 6.41. The van der Waals surface area contributed by atoms with E-state index in [0.717, 1.165) is 34.4 Å². The second-order valence-corrected chi connectivity index (χ2v) is 11.0. The van der Waals surface area contributed by atoms with E-state index in [0.29, 0.717) is 5.69 Å². The first-order valence-corrected chi connectivity index (χ1v) is 13.2. The Hall–Kier alpha value is -3.85. The lowest BCUT2D eigenvalue weighted by atomic mass is 9.77. The average molecular weight is 506 g/mol. The maximum atomic E-state index is 13.2. The molecular weight excluding hydrogens is 478 g/mol. The summed E-state index contributed by atoms with van der Waals surface area (Å²) >= 11 is 0. The highest BCUT2D eigenvalue weighted by Crippen LogP contribution is 2.51. The number of fused-ring (bicyclic) bond motifs is 3. The minimum atomic E-state index is -3.79. The quantitative estimate of drug-likeness (QED) is 0.247. The van der Waals surface area contributed by atoms with Crippen LogP contribution in [0, 0.1) is 29.9 Å². The molecule has 1 aliphatic heterocycles. The lowest BCUT2D eigenvalue weighted by molar-refractivity contribution is -0.385. The number of ether oxygens (including phenoxy) is 1. The van der Waals surface area contributed by atoms with Crippen LogP contribution in [0.15, 0.2) is 71.6 Å². The van der Waals surface area contributed by atoms with Crippen LogP contribution in [-0.2, 0) is 10.0 Å². The van der Waals surface area contributed by atoms with Gasteiger partial charge in [0.1, 0.15) is 0 Å². The van der Waals surface area contributed by atoms with E-state index in [2.05, 4.69) is 22.2 Å². The molecule has 3 atom stereocenters. The number of hydrogen-bond acceptors (Lipinski definition) is 6. The molecule has 0 saturated heterocycles. The van der Waals surface area contributed by atoms with Crippen LogP contribution in [0.4, 0.5) is 17.1 Å². The van der Waals surface area contributed by atoms with Gasteiger partial charge in [0.2, 0.25) is 0 Å². The lowest BCUT2D eigenvalue weighted by Crippen LogP contribution is -2.29. The van der Waals surface area contributed by atoms with Crippen LogP contribution in [0.25, 0.3) is 0 Å². The number of aryl methyl sites for hydroxylation is 2. The summed E-state index contributed by atoms with van der Waals surface area (Å²) in [6.45, 7) is 3.84. The fourth-order valence-electron chi connectivity index (χ4n) is 5.24. The molecular formula is C27H27N3O5S. The molecule has 0 aromatic heterocycles. The molecule has 2 aliphatic rings. The van der Waals surface area contributed by atoms with E-state index in [1.807, 2.05) is 32.0 Å². The molecule has 3 aromatic rings. The van der Waals surface area contributed by atoms with Crippen LogP contribution in [0.3, 0.4) is 0 Å². The Morgan fingerprint density at radius 2 is 1.89 bits per heavy atom. The van der Waals surface area contributed by atoms with Crippen molar-refractivity contribution in [2.45, 2.75) is 37.1 Å². The average Bonchev–Trinajstić information content (AvgIpc) is 3.35. The normalized spacial score (nSPS) is 20.2. The van der Waals surface area contributed by atoms with Crippen molar-refractivity contribution in [2.75, 3.05) is 17.1 Å². The molecule has 5 rings (SSSR count). The zero-order chi connectivity index (χ0) is 25.6. The lowest BCUT2D eigenvalue weighted by Gasteiger charge is -2.37. The molecule has 1 aliphatic carbocycles. The summed E-state index contributed by atoms with van der Waals surface area (Å²) in [7, 11) is -2.38. The van der Waals surface area contributed by atoms with Crippen molar-refractivity contribution in [2.24, 2.45) is 5.92 Å². The van der Waals surface area contributed by atoms with Gasteiger partial charge >= 0.3 is 5.69 Å². The van der Waals surface area contributed by atoms with Gasteiger partial charge in [-0.2, -0.15) is 0 Å². The van der Waals surface area contributed by atoms with Gasteiger partial charge in [-0.05, 0) is 73.2 Å². The van der Waals surface area contributed by atoms with Gasteiger partial charge < -0.3 is 10.1 Å². The molecule has 2 N–H and O–H groups in total. The first-order chi connectivity index (χ1) is 17.2. The Kier molecular flexibility index (Phi) is 5.96. The number of anilines is 2. The molecule has 3 aromatic carbocycles. The second-order valence-electron chi connectivity index (χ2n) is 9.34. The molecule has 9 heteroatoms. The Labute approximate surface area is 210 Å². The Balaban J connectivity index is 1.49. The third-order valence-corrected chi connectivity index (χ3v) is 8.39. The van der Waals surface area contributed by atoms with E-state index < -0.39 is 14.9 Å². The van der Waals surface area contributed by atoms with Gasteiger partial charge in [-0.25, -0.2) is 8.42 Å². The zero-order valence-corrected chi connectivity index (χ0v) is 21.0. The van der Waals surface area contributed by atoms with Crippen molar-refractivity contribution in [1.82, 2.24) is 0 Å². The molecule has 0 unspecified atom stereocenters. The number of rotatable bonds is 6. The Morgan fingerprint density at radius 1 is 1.08 bits per heavy atom. The number of benzene rings is 3. The van der Waals surface area contributed by atoms with E-state index in [1.165, 1.54) is 7.11 Å². The molecule has 36 heavy (non-hydrogen) atoms. The fraction of sp³-hybridized carbons (Fsp3) is 0.259. The highest BCUT2D eigenvalue weighted by Gasteiger charge is 2.39. The van der Waals surface area contributed by atoms with E-state index >= 15 is 0 Å². The van der Waals surface area contributed by atoms with Crippen molar-refractivity contribution in [1.29, 1.82) is 0 Å². The monoisotopic (exact) mass is 505 g/mol. The van der Waals surface area contributed by atoms with Gasteiger partial charge in [-0.15, -0.1) is 0 Å². The predicted molar refractivity (Wildman–Crippen MR) is 139 cm³/mol. The van der Waals surface area contributed by atoms with E-state index in [1.54, 1.807) is 36.4 Å². The first-order valence-electron chi connectivity index (χ1n) is 11.7. The predicted octanol–water partition coefficient (Wildman–Crippen LogP) is 5.85.